The lowest BCUT2D eigenvalue weighted by Gasteiger charge is -2.00. The highest BCUT2D eigenvalue weighted by Gasteiger charge is 2.14. The van der Waals surface area contributed by atoms with E-state index in [1.165, 1.54) is 0 Å². The van der Waals surface area contributed by atoms with Gasteiger partial charge in [0.05, 0.1) is 0 Å². The zero-order valence-electron chi connectivity index (χ0n) is 6.68. The fourth-order valence-electron chi connectivity index (χ4n) is 0.968. The number of hydrazone groups is 2. The summed E-state index contributed by atoms with van der Waals surface area (Å²) >= 11 is 0. The largest absolute Gasteiger partial charge is 0.298 e. The van der Waals surface area contributed by atoms with Crippen molar-refractivity contribution in [2.75, 3.05) is 13.1 Å². The monoisotopic (exact) mass is 166 g/mol. The molecular formula is C7H10N4O. The SMILES string of the molecule is O=C(CCCN1C=N1)CN1C=N1. The summed E-state index contributed by atoms with van der Waals surface area (Å²) in [4.78, 5) is 11.1. The minimum Gasteiger partial charge on any atom is -0.298 e. The topological polar surface area (TPSA) is 47.8 Å². The Balaban J connectivity index is 1.49. The van der Waals surface area contributed by atoms with Crippen molar-refractivity contribution in [1.82, 2.24) is 10.0 Å². The van der Waals surface area contributed by atoms with Gasteiger partial charge in [0.2, 0.25) is 0 Å². The first kappa shape index (κ1) is 7.27. The van der Waals surface area contributed by atoms with Crippen LogP contribution in [-0.2, 0) is 4.79 Å². The maximum atomic E-state index is 11.1. The first-order valence-corrected chi connectivity index (χ1v) is 3.98. The van der Waals surface area contributed by atoms with Gasteiger partial charge in [-0.15, -0.1) is 0 Å². The Hall–Kier alpha value is -1.39. The Morgan fingerprint density at radius 3 is 2.50 bits per heavy atom. The molecule has 0 atom stereocenters. The normalized spacial score (nSPS) is 17.0. The molecule has 0 aliphatic carbocycles. The predicted molar refractivity (Wildman–Crippen MR) is 44.6 cm³/mol. The van der Waals surface area contributed by atoms with Crippen LogP contribution in [0, 0.1) is 0 Å². The molecule has 2 aliphatic rings. The van der Waals surface area contributed by atoms with Crippen LogP contribution in [0.2, 0.25) is 0 Å². The van der Waals surface area contributed by atoms with E-state index in [4.69, 9.17) is 0 Å². The Labute approximate surface area is 70.3 Å². The van der Waals surface area contributed by atoms with E-state index >= 15 is 0 Å². The zero-order chi connectivity index (χ0) is 8.39. The third-order valence-corrected chi connectivity index (χ3v) is 1.74. The molecule has 5 nitrogen and oxygen atoms in total. The molecular weight excluding hydrogens is 156 g/mol. The van der Waals surface area contributed by atoms with E-state index in [1.807, 2.05) is 5.01 Å². The molecule has 0 fully saturated rings. The van der Waals surface area contributed by atoms with Crippen LogP contribution >= 0.6 is 0 Å². The molecule has 0 radical (unpaired) electrons. The number of rotatable bonds is 6. The number of carbonyl (C=O) groups excluding carboxylic acids is 1. The van der Waals surface area contributed by atoms with Crippen molar-refractivity contribution < 1.29 is 4.79 Å². The van der Waals surface area contributed by atoms with Crippen molar-refractivity contribution in [2.45, 2.75) is 12.8 Å². The Morgan fingerprint density at radius 2 is 1.92 bits per heavy atom. The van der Waals surface area contributed by atoms with Crippen LogP contribution in [0.5, 0.6) is 0 Å². The summed E-state index contributed by atoms with van der Waals surface area (Å²) < 4.78 is 0. The van der Waals surface area contributed by atoms with Crippen molar-refractivity contribution in [3.05, 3.63) is 0 Å². The van der Waals surface area contributed by atoms with Crippen molar-refractivity contribution in [1.29, 1.82) is 0 Å². The van der Waals surface area contributed by atoms with Gasteiger partial charge in [-0.1, -0.05) is 0 Å². The van der Waals surface area contributed by atoms with E-state index in [1.54, 1.807) is 17.7 Å². The van der Waals surface area contributed by atoms with Gasteiger partial charge in [0.15, 0.2) is 5.78 Å². The number of ketones is 1. The molecule has 0 spiro atoms. The number of hydrogen-bond donors (Lipinski definition) is 0. The number of carbonyl (C=O) groups is 1. The third kappa shape index (κ3) is 2.34. The van der Waals surface area contributed by atoms with Gasteiger partial charge in [-0.05, 0) is 6.42 Å². The zero-order valence-corrected chi connectivity index (χ0v) is 6.68. The van der Waals surface area contributed by atoms with Gasteiger partial charge in [-0.2, -0.15) is 10.2 Å². The molecule has 64 valence electrons. The molecule has 0 saturated carbocycles. The molecule has 5 heteroatoms. The summed E-state index contributed by atoms with van der Waals surface area (Å²) in [6, 6.07) is 0. The van der Waals surface area contributed by atoms with Crippen LogP contribution in [0.25, 0.3) is 0 Å². The molecule has 0 aromatic rings. The molecule has 0 bridgehead atoms. The van der Waals surface area contributed by atoms with E-state index in [0.717, 1.165) is 13.0 Å². The van der Waals surface area contributed by atoms with Crippen LogP contribution in [0.4, 0.5) is 0 Å². The number of Topliss-reactive ketones (excluding diaryl/α,β-unsaturated/α-hetero) is 1. The van der Waals surface area contributed by atoms with Crippen LogP contribution in [0.1, 0.15) is 12.8 Å². The Morgan fingerprint density at radius 1 is 1.25 bits per heavy atom. The molecule has 0 saturated heterocycles. The summed E-state index contributed by atoms with van der Waals surface area (Å²) in [6.07, 6.45) is 4.93. The van der Waals surface area contributed by atoms with E-state index in [2.05, 4.69) is 10.2 Å². The van der Waals surface area contributed by atoms with E-state index in [-0.39, 0.29) is 5.78 Å². The molecule has 0 unspecified atom stereocenters. The molecule has 0 amide bonds. The fourth-order valence-corrected chi connectivity index (χ4v) is 0.968. The van der Waals surface area contributed by atoms with Crippen molar-refractivity contribution in [2.24, 2.45) is 10.2 Å². The molecule has 2 heterocycles. The van der Waals surface area contributed by atoms with Gasteiger partial charge in [-0.25, -0.2) is 5.01 Å². The third-order valence-electron chi connectivity index (χ3n) is 1.74. The Kier molecular flexibility index (Phi) is 1.77. The summed E-state index contributed by atoms with van der Waals surface area (Å²) in [5, 5.41) is 11.1. The number of hydrogen-bond acceptors (Lipinski definition) is 5. The second-order valence-electron chi connectivity index (χ2n) is 2.86. The van der Waals surface area contributed by atoms with E-state index < -0.39 is 0 Å². The summed E-state index contributed by atoms with van der Waals surface area (Å²) in [5.74, 6) is 0.245. The van der Waals surface area contributed by atoms with Gasteiger partial charge in [0.25, 0.3) is 0 Å². The fraction of sp³-hybridized carbons (Fsp3) is 0.571. The van der Waals surface area contributed by atoms with Gasteiger partial charge < -0.3 is 0 Å². The van der Waals surface area contributed by atoms with Crippen LogP contribution < -0.4 is 0 Å². The van der Waals surface area contributed by atoms with Crippen LogP contribution in [-0.4, -0.2) is 41.6 Å². The predicted octanol–water partition coefficient (Wildman–Crippen LogP) is -0.147. The highest BCUT2D eigenvalue weighted by molar-refractivity contribution is 5.84. The first-order valence-electron chi connectivity index (χ1n) is 3.98. The smallest absolute Gasteiger partial charge is 0.154 e. The highest BCUT2D eigenvalue weighted by atomic mass is 16.1. The maximum Gasteiger partial charge on any atom is 0.154 e. The van der Waals surface area contributed by atoms with Crippen LogP contribution in [0.3, 0.4) is 0 Å². The summed E-state index contributed by atoms with van der Waals surface area (Å²) in [5.41, 5.74) is 0. The van der Waals surface area contributed by atoms with E-state index in [9.17, 15) is 4.79 Å². The lowest BCUT2D eigenvalue weighted by molar-refractivity contribution is -0.119. The molecule has 2 aliphatic heterocycles. The lowest BCUT2D eigenvalue weighted by Crippen LogP contribution is -2.14. The first-order chi connectivity index (χ1) is 5.84. The maximum absolute atomic E-state index is 11.1. The average molecular weight is 166 g/mol. The van der Waals surface area contributed by atoms with Crippen molar-refractivity contribution >= 4 is 18.5 Å². The van der Waals surface area contributed by atoms with Crippen LogP contribution in [0.15, 0.2) is 10.2 Å². The van der Waals surface area contributed by atoms with Gasteiger partial charge in [0.1, 0.15) is 19.2 Å². The van der Waals surface area contributed by atoms with Crippen molar-refractivity contribution in [3.63, 3.8) is 0 Å². The quantitative estimate of drug-likeness (QED) is 0.551. The van der Waals surface area contributed by atoms with Gasteiger partial charge in [-0.3, -0.25) is 9.80 Å². The average Bonchev–Trinajstić information content (AvgIpc) is 2.77. The highest BCUT2D eigenvalue weighted by Crippen LogP contribution is 2.04. The number of nitrogens with zero attached hydrogens (tertiary/aromatic N) is 4. The molecule has 12 heavy (non-hydrogen) atoms. The standard InChI is InChI=1S/C7H10N4O/c12-7(4-11-6-9-11)2-1-3-10-5-8-10/h5-6H,1-4H2. The second kappa shape index (κ2) is 2.92. The van der Waals surface area contributed by atoms with E-state index in [0.29, 0.717) is 13.0 Å². The molecule has 2 rings (SSSR count). The van der Waals surface area contributed by atoms with Crippen molar-refractivity contribution in [3.8, 4) is 0 Å². The summed E-state index contributed by atoms with van der Waals surface area (Å²) in [6.45, 7) is 1.31. The Bertz CT molecular complexity index is 236. The summed E-state index contributed by atoms with van der Waals surface area (Å²) in [7, 11) is 0. The lowest BCUT2D eigenvalue weighted by atomic mass is 10.2. The molecule has 0 N–H and O–H groups in total. The molecule has 0 aromatic heterocycles. The molecule has 0 aromatic carbocycles. The minimum absolute atomic E-state index is 0.245. The minimum atomic E-state index is 0.245. The van der Waals surface area contributed by atoms with Gasteiger partial charge >= 0.3 is 0 Å². The van der Waals surface area contributed by atoms with Gasteiger partial charge in [0, 0.05) is 13.0 Å². The second-order valence-corrected chi connectivity index (χ2v) is 2.86.